The SMILES string of the molecule is CC1COC(c2ccc(-c3ccc(-c4cc(F)c(C(F)(F)F)c(F)c4)c(F)c3)c(F)c2)OC1. The largest absolute Gasteiger partial charge is 0.422 e. The van der Waals surface area contributed by atoms with E-state index in [2.05, 4.69) is 0 Å². The Morgan fingerprint density at radius 1 is 0.697 bits per heavy atom. The van der Waals surface area contributed by atoms with Gasteiger partial charge in [-0.2, -0.15) is 13.2 Å². The van der Waals surface area contributed by atoms with Crippen LogP contribution in [0.1, 0.15) is 24.3 Å². The van der Waals surface area contributed by atoms with E-state index in [4.69, 9.17) is 9.47 Å². The summed E-state index contributed by atoms with van der Waals surface area (Å²) in [6.07, 6.45) is -5.95. The molecule has 0 bridgehead atoms. The average molecular weight is 470 g/mol. The van der Waals surface area contributed by atoms with Crippen LogP contribution in [-0.2, 0) is 15.7 Å². The second-order valence-corrected chi connectivity index (χ2v) is 7.85. The van der Waals surface area contributed by atoms with Crippen LogP contribution in [0.15, 0.2) is 48.5 Å². The van der Waals surface area contributed by atoms with Gasteiger partial charge in [-0.05, 0) is 35.4 Å². The maximum atomic E-state index is 14.7. The molecular weight excluding hydrogens is 453 g/mol. The Hall–Kier alpha value is -2.91. The molecule has 0 saturated carbocycles. The van der Waals surface area contributed by atoms with E-state index in [0.717, 1.165) is 12.1 Å². The first-order valence-electron chi connectivity index (χ1n) is 9.93. The Balaban J connectivity index is 1.63. The third kappa shape index (κ3) is 4.74. The van der Waals surface area contributed by atoms with E-state index in [-0.39, 0.29) is 22.6 Å². The average Bonchev–Trinajstić information content (AvgIpc) is 2.72. The zero-order valence-corrected chi connectivity index (χ0v) is 17.1. The van der Waals surface area contributed by atoms with Gasteiger partial charge in [0.15, 0.2) is 6.29 Å². The minimum Gasteiger partial charge on any atom is -0.348 e. The molecule has 1 saturated heterocycles. The maximum absolute atomic E-state index is 14.7. The molecule has 2 nitrogen and oxygen atoms in total. The number of hydrogen-bond donors (Lipinski definition) is 0. The standard InChI is InChI=1S/C24H17F7O2/c1-12-10-32-23(33-11-12)14-3-5-16(19(26)7-14)13-2-4-17(18(25)6-13)15-8-20(27)22(21(28)9-15)24(29,30)31/h2-9,12,23H,10-11H2,1H3. The molecule has 33 heavy (non-hydrogen) atoms. The fraction of sp³-hybridized carbons (Fsp3) is 0.250. The van der Waals surface area contributed by atoms with Gasteiger partial charge in [-0.25, -0.2) is 17.6 Å². The van der Waals surface area contributed by atoms with Crippen LogP contribution in [-0.4, -0.2) is 13.2 Å². The number of benzene rings is 3. The molecule has 1 heterocycles. The molecule has 0 amide bonds. The first-order valence-corrected chi connectivity index (χ1v) is 9.93. The van der Waals surface area contributed by atoms with Crippen LogP contribution in [0.25, 0.3) is 22.3 Å². The first kappa shape index (κ1) is 23.3. The Bertz CT molecular complexity index is 1160. The highest BCUT2D eigenvalue weighted by Gasteiger charge is 2.38. The van der Waals surface area contributed by atoms with Gasteiger partial charge in [0.1, 0.15) is 28.8 Å². The quantitative estimate of drug-likeness (QED) is 0.375. The third-order valence-electron chi connectivity index (χ3n) is 5.25. The van der Waals surface area contributed by atoms with E-state index >= 15 is 0 Å². The van der Waals surface area contributed by atoms with Crippen molar-refractivity contribution < 1.29 is 40.2 Å². The van der Waals surface area contributed by atoms with Crippen LogP contribution in [0.5, 0.6) is 0 Å². The fourth-order valence-corrected chi connectivity index (χ4v) is 3.62. The molecule has 9 heteroatoms. The summed E-state index contributed by atoms with van der Waals surface area (Å²) in [5.74, 6) is -5.15. The molecule has 3 aromatic rings. The molecule has 1 aliphatic heterocycles. The lowest BCUT2D eigenvalue weighted by molar-refractivity contribution is -0.202. The molecule has 1 aliphatic rings. The van der Waals surface area contributed by atoms with Crippen LogP contribution in [0.3, 0.4) is 0 Å². The molecule has 0 unspecified atom stereocenters. The van der Waals surface area contributed by atoms with Gasteiger partial charge in [0.25, 0.3) is 0 Å². The lowest BCUT2D eigenvalue weighted by atomic mass is 9.97. The van der Waals surface area contributed by atoms with Crippen LogP contribution < -0.4 is 0 Å². The Morgan fingerprint density at radius 3 is 1.76 bits per heavy atom. The first-order chi connectivity index (χ1) is 15.5. The highest BCUT2D eigenvalue weighted by molar-refractivity contribution is 5.72. The van der Waals surface area contributed by atoms with Crippen molar-refractivity contribution in [3.63, 3.8) is 0 Å². The minimum absolute atomic E-state index is 0.0538. The summed E-state index contributed by atoms with van der Waals surface area (Å²) in [6.45, 7) is 2.88. The molecule has 3 aromatic carbocycles. The summed E-state index contributed by atoms with van der Waals surface area (Å²) in [7, 11) is 0. The van der Waals surface area contributed by atoms with E-state index in [1.807, 2.05) is 6.92 Å². The van der Waals surface area contributed by atoms with Gasteiger partial charge in [-0.1, -0.05) is 31.2 Å². The normalized spacial score (nSPS) is 19.0. The van der Waals surface area contributed by atoms with Gasteiger partial charge >= 0.3 is 6.18 Å². The van der Waals surface area contributed by atoms with Gasteiger partial charge in [0.2, 0.25) is 0 Å². The van der Waals surface area contributed by atoms with Crippen molar-refractivity contribution in [1.82, 2.24) is 0 Å². The van der Waals surface area contributed by atoms with Crippen molar-refractivity contribution in [3.8, 4) is 22.3 Å². The highest BCUT2D eigenvalue weighted by Crippen LogP contribution is 2.37. The van der Waals surface area contributed by atoms with E-state index in [9.17, 15) is 30.7 Å². The summed E-state index contributed by atoms with van der Waals surface area (Å²) >= 11 is 0. The van der Waals surface area contributed by atoms with Gasteiger partial charge in [0.05, 0.1) is 13.2 Å². The minimum atomic E-state index is -5.23. The second-order valence-electron chi connectivity index (χ2n) is 7.85. The monoisotopic (exact) mass is 470 g/mol. The highest BCUT2D eigenvalue weighted by atomic mass is 19.4. The number of alkyl halides is 3. The van der Waals surface area contributed by atoms with Gasteiger partial charge in [0, 0.05) is 22.6 Å². The molecule has 0 aromatic heterocycles. The zero-order chi connectivity index (χ0) is 23.9. The molecule has 0 spiro atoms. The molecule has 0 aliphatic carbocycles. The van der Waals surface area contributed by atoms with E-state index in [0.29, 0.717) is 30.9 Å². The summed E-state index contributed by atoms with van der Waals surface area (Å²) in [6, 6.07) is 8.38. The number of hydrogen-bond acceptors (Lipinski definition) is 2. The Kier molecular flexibility index (Phi) is 6.20. The lowest BCUT2D eigenvalue weighted by Crippen LogP contribution is -2.25. The molecule has 0 atom stereocenters. The van der Waals surface area contributed by atoms with Crippen molar-refractivity contribution in [3.05, 3.63) is 82.9 Å². The van der Waals surface area contributed by atoms with Crippen LogP contribution >= 0.6 is 0 Å². The van der Waals surface area contributed by atoms with Gasteiger partial charge in [-0.3, -0.25) is 0 Å². The second kappa shape index (κ2) is 8.79. The number of ether oxygens (including phenoxy) is 2. The Labute approximate surface area is 184 Å². The number of halogens is 7. The van der Waals surface area contributed by atoms with Crippen LogP contribution in [0.4, 0.5) is 30.7 Å². The zero-order valence-electron chi connectivity index (χ0n) is 17.1. The molecule has 4 rings (SSSR count). The van der Waals surface area contributed by atoms with Crippen molar-refractivity contribution in [2.24, 2.45) is 5.92 Å². The van der Waals surface area contributed by atoms with Crippen LogP contribution in [0, 0.1) is 29.2 Å². The van der Waals surface area contributed by atoms with Gasteiger partial charge in [-0.15, -0.1) is 0 Å². The van der Waals surface area contributed by atoms with Crippen LogP contribution in [0.2, 0.25) is 0 Å². The van der Waals surface area contributed by atoms with Crippen molar-refractivity contribution in [2.75, 3.05) is 13.2 Å². The molecule has 0 N–H and O–H groups in total. The van der Waals surface area contributed by atoms with Gasteiger partial charge < -0.3 is 9.47 Å². The fourth-order valence-electron chi connectivity index (χ4n) is 3.62. The smallest absolute Gasteiger partial charge is 0.348 e. The maximum Gasteiger partial charge on any atom is 0.422 e. The third-order valence-corrected chi connectivity index (χ3v) is 5.25. The number of rotatable bonds is 3. The predicted molar refractivity (Wildman–Crippen MR) is 106 cm³/mol. The molecule has 174 valence electrons. The topological polar surface area (TPSA) is 18.5 Å². The molecular formula is C24H17F7O2. The van der Waals surface area contributed by atoms with E-state index in [1.165, 1.54) is 18.2 Å². The summed E-state index contributed by atoms with van der Waals surface area (Å²) in [4.78, 5) is 0. The summed E-state index contributed by atoms with van der Waals surface area (Å²) in [5, 5.41) is 0. The van der Waals surface area contributed by atoms with Crippen molar-refractivity contribution in [2.45, 2.75) is 19.4 Å². The van der Waals surface area contributed by atoms with E-state index in [1.54, 1.807) is 6.07 Å². The predicted octanol–water partition coefficient (Wildman–Crippen LogP) is 7.28. The Morgan fingerprint density at radius 2 is 1.21 bits per heavy atom. The lowest BCUT2D eigenvalue weighted by Gasteiger charge is -2.27. The molecule has 1 fully saturated rings. The van der Waals surface area contributed by atoms with Crippen molar-refractivity contribution >= 4 is 0 Å². The van der Waals surface area contributed by atoms with E-state index < -0.39 is 46.9 Å². The summed E-state index contributed by atoms with van der Waals surface area (Å²) in [5.41, 5.74) is -2.16. The summed E-state index contributed by atoms with van der Waals surface area (Å²) < 4.78 is 107. The molecule has 0 radical (unpaired) electrons. The van der Waals surface area contributed by atoms with Crippen molar-refractivity contribution in [1.29, 1.82) is 0 Å².